The first kappa shape index (κ1) is 14.1. The van der Waals surface area contributed by atoms with Gasteiger partial charge in [-0.25, -0.2) is 0 Å². The van der Waals surface area contributed by atoms with E-state index >= 15 is 0 Å². The topological polar surface area (TPSA) is 156 Å². The SMILES string of the molecule is Cc1[nH]n(C(=N)N)c(=O)c1N=Nc1ccc([N+](=O)[O-])cc1. The van der Waals surface area contributed by atoms with Gasteiger partial charge in [-0.15, -0.1) is 5.11 Å². The maximum atomic E-state index is 11.9. The van der Waals surface area contributed by atoms with Crippen molar-refractivity contribution in [1.82, 2.24) is 9.78 Å². The number of nitrogen functional groups attached to an aromatic ring is 1. The van der Waals surface area contributed by atoms with E-state index < -0.39 is 16.4 Å². The van der Waals surface area contributed by atoms with E-state index in [4.69, 9.17) is 11.1 Å². The molecule has 0 atom stereocenters. The van der Waals surface area contributed by atoms with E-state index in [1.165, 1.54) is 24.3 Å². The largest absolute Gasteiger partial charge is 0.368 e. The second-order valence-corrected chi connectivity index (χ2v) is 4.08. The summed E-state index contributed by atoms with van der Waals surface area (Å²) in [4.78, 5) is 21.9. The van der Waals surface area contributed by atoms with Crippen molar-refractivity contribution in [2.75, 3.05) is 0 Å². The number of nitrogens with two attached hydrogens (primary N) is 1. The summed E-state index contributed by atoms with van der Waals surface area (Å²) in [5, 5.41) is 27.9. The third kappa shape index (κ3) is 2.83. The van der Waals surface area contributed by atoms with E-state index in [-0.39, 0.29) is 11.4 Å². The summed E-state index contributed by atoms with van der Waals surface area (Å²) in [6.07, 6.45) is 0. The molecular formula is C11H11N7O3. The summed E-state index contributed by atoms with van der Waals surface area (Å²) >= 11 is 0. The van der Waals surface area contributed by atoms with Crippen LogP contribution in [0.4, 0.5) is 17.1 Å². The highest BCUT2D eigenvalue weighted by atomic mass is 16.6. The number of aromatic amines is 1. The maximum Gasteiger partial charge on any atom is 0.301 e. The van der Waals surface area contributed by atoms with Crippen LogP contribution in [-0.4, -0.2) is 20.7 Å². The minimum atomic E-state index is -0.592. The van der Waals surface area contributed by atoms with Gasteiger partial charge in [-0.1, -0.05) is 0 Å². The zero-order valence-corrected chi connectivity index (χ0v) is 10.9. The molecule has 0 saturated carbocycles. The van der Waals surface area contributed by atoms with E-state index in [9.17, 15) is 14.9 Å². The number of nitrogens with zero attached hydrogens (tertiary/aromatic N) is 4. The normalized spacial score (nSPS) is 10.9. The number of nitro groups is 1. The van der Waals surface area contributed by atoms with Gasteiger partial charge in [0.05, 0.1) is 16.3 Å². The molecule has 21 heavy (non-hydrogen) atoms. The highest BCUT2D eigenvalue weighted by Crippen LogP contribution is 2.20. The lowest BCUT2D eigenvalue weighted by molar-refractivity contribution is -0.384. The number of nitrogens with one attached hydrogen (secondary N) is 2. The average molecular weight is 289 g/mol. The van der Waals surface area contributed by atoms with Crippen LogP contribution in [-0.2, 0) is 0 Å². The smallest absolute Gasteiger partial charge is 0.301 e. The van der Waals surface area contributed by atoms with Gasteiger partial charge in [-0.05, 0) is 19.1 Å². The first-order valence-corrected chi connectivity index (χ1v) is 5.72. The highest BCUT2D eigenvalue weighted by molar-refractivity contribution is 5.76. The van der Waals surface area contributed by atoms with Crippen LogP contribution in [0, 0.1) is 22.4 Å². The molecular weight excluding hydrogens is 278 g/mol. The van der Waals surface area contributed by atoms with E-state index in [2.05, 4.69) is 15.3 Å². The molecule has 1 aromatic heterocycles. The Kier molecular flexibility index (Phi) is 3.61. The van der Waals surface area contributed by atoms with Gasteiger partial charge in [-0.2, -0.15) is 9.80 Å². The van der Waals surface area contributed by atoms with Gasteiger partial charge < -0.3 is 5.73 Å². The number of aryl methyl sites for hydroxylation is 1. The molecule has 1 aromatic carbocycles. The summed E-state index contributed by atoms with van der Waals surface area (Å²) in [5.41, 5.74) is 5.35. The first-order valence-electron chi connectivity index (χ1n) is 5.72. The Bertz CT molecular complexity index is 785. The molecule has 1 heterocycles. The first-order chi connectivity index (χ1) is 9.90. The second kappa shape index (κ2) is 5.36. The Morgan fingerprint density at radius 1 is 1.38 bits per heavy atom. The Morgan fingerprint density at radius 3 is 2.48 bits per heavy atom. The molecule has 2 rings (SSSR count). The number of hydrogen-bond acceptors (Lipinski definition) is 6. The number of benzene rings is 1. The zero-order chi connectivity index (χ0) is 15.6. The number of hydrogen-bond donors (Lipinski definition) is 3. The number of rotatable bonds is 3. The quantitative estimate of drug-likeness (QED) is 0.257. The Morgan fingerprint density at radius 2 is 2.00 bits per heavy atom. The molecule has 0 saturated heterocycles. The molecule has 108 valence electrons. The Balaban J connectivity index is 2.31. The van der Waals surface area contributed by atoms with Crippen LogP contribution in [0.5, 0.6) is 0 Å². The van der Waals surface area contributed by atoms with Crippen molar-refractivity contribution in [3.05, 3.63) is 50.4 Å². The average Bonchev–Trinajstić information content (AvgIpc) is 2.72. The van der Waals surface area contributed by atoms with Crippen LogP contribution in [0.3, 0.4) is 0 Å². The molecule has 10 nitrogen and oxygen atoms in total. The number of nitro benzene ring substituents is 1. The fourth-order valence-electron chi connectivity index (χ4n) is 1.57. The molecule has 10 heteroatoms. The molecule has 2 aromatic rings. The van der Waals surface area contributed by atoms with E-state index in [1.54, 1.807) is 6.92 Å². The van der Waals surface area contributed by atoms with Crippen molar-refractivity contribution in [3.8, 4) is 0 Å². The fourth-order valence-corrected chi connectivity index (χ4v) is 1.57. The monoisotopic (exact) mass is 289 g/mol. The van der Waals surface area contributed by atoms with Gasteiger partial charge in [0, 0.05) is 12.1 Å². The molecule has 4 N–H and O–H groups in total. The third-order valence-corrected chi connectivity index (χ3v) is 2.61. The van der Waals surface area contributed by atoms with Crippen molar-refractivity contribution in [2.45, 2.75) is 6.92 Å². The van der Waals surface area contributed by atoms with Crippen LogP contribution in [0.25, 0.3) is 0 Å². The van der Waals surface area contributed by atoms with Crippen molar-refractivity contribution < 1.29 is 4.92 Å². The van der Waals surface area contributed by atoms with Crippen LogP contribution in [0.15, 0.2) is 39.3 Å². The van der Waals surface area contributed by atoms with Crippen molar-refractivity contribution in [1.29, 1.82) is 5.41 Å². The number of aromatic nitrogens is 2. The number of H-pyrrole nitrogens is 1. The summed E-state index contributed by atoms with van der Waals surface area (Å²) in [7, 11) is 0. The predicted octanol–water partition coefficient (Wildman–Crippen LogP) is 1.55. The molecule has 0 aliphatic carbocycles. The summed E-state index contributed by atoms with van der Waals surface area (Å²) in [6, 6.07) is 5.39. The molecule has 0 bridgehead atoms. The standard InChI is InChI=1S/C11H11N7O3/c1-6-9(10(19)17(16-6)11(12)13)15-14-7-2-4-8(5-3-7)18(20)21/h2-5,16H,1H3,(H3,12,13). The summed E-state index contributed by atoms with van der Waals surface area (Å²) < 4.78 is 0.833. The zero-order valence-electron chi connectivity index (χ0n) is 10.9. The van der Waals surface area contributed by atoms with Gasteiger partial charge in [0.2, 0.25) is 5.96 Å². The summed E-state index contributed by atoms with van der Waals surface area (Å²) in [5.74, 6) is -0.458. The van der Waals surface area contributed by atoms with Crippen LogP contribution >= 0.6 is 0 Å². The minimum absolute atomic E-state index is 0.0172. The van der Waals surface area contributed by atoms with Gasteiger partial charge in [0.1, 0.15) is 0 Å². The maximum absolute atomic E-state index is 11.9. The summed E-state index contributed by atoms with van der Waals surface area (Å²) in [6.45, 7) is 1.59. The number of non-ortho nitro benzene ring substituents is 1. The van der Waals surface area contributed by atoms with Crippen LogP contribution < -0.4 is 11.3 Å². The lowest BCUT2D eigenvalue weighted by Crippen LogP contribution is -2.30. The molecule has 0 aliphatic rings. The third-order valence-electron chi connectivity index (χ3n) is 2.61. The van der Waals surface area contributed by atoms with Crippen molar-refractivity contribution in [2.24, 2.45) is 16.0 Å². The minimum Gasteiger partial charge on any atom is -0.368 e. The molecule has 0 amide bonds. The van der Waals surface area contributed by atoms with Crippen molar-refractivity contribution >= 4 is 23.0 Å². The van der Waals surface area contributed by atoms with Gasteiger partial charge in [0.25, 0.3) is 5.69 Å². The Hall–Kier alpha value is -3.30. The molecule has 0 unspecified atom stereocenters. The Labute approximate surface area is 117 Å². The van der Waals surface area contributed by atoms with Gasteiger partial charge in [-0.3, -0.25) is 25.4 Å². The molecule has 0 spiro atoms. The fraction of sp³-hybridized carbons (Fsp3) is 0.0909. The molecule has 0 fully saturated rings. The van der Waals surface area contributed by atoms with Gasteiger partial charge in [0.15, 0.2) is 5.69 Å². The van der Waals surface area contributed by atoms with Crippen molar-refractivity contribution in [3.63, 3.8) is 0 Å². The molecule has 0 aliphatic heterocycles. The highest BCUT2D eigenvalue weighted by Gasteiger charge is 2.12. The predicted molar refractivity (Wildman–Crippen MR) is 74.4 cm³/mol. The lowest BCUT2D eigenvalue weighted by atomic mass is 10.3. The van der Waals surface area contributed by atoms with E-state index in [1.807, 2.05) is 0 Å². The van der Waals surface area contributed by atoms with Gasteiger partial charge >= 0.3 is 5.56 Å². The molecule has 0 radical (unpaired) electrons. The van der Waals surface area contributed by atoms with Crippen LogP contribution in [0.1, 0.15) is 5.69 Å². The van der Waals surface area contributed by atoms with Crippen LogP contribution in [0.2, 0.25) is 0 Å². The lowest BCUT2D eigenvalue weighted by Gasteiger charge is -1.93. The van der Waals surface area contributed by atoms with E-state index in [0.29, 0.717) is 11.4 Å². The second-order valence-electron chi connectivity index (χ2n) is 4.08. The number of azo groups is 1. The van der Waals surface area contributed by atoms with E-state index in [0.717, 1.165) is 4.68 Å².